The van der Waals surface area contributed by atoms with Crippen LogP contribution in [0.5, 0.6) is 5.75 Å². The summed E-state index contributed by atoms with van der Waals surface area (Å²) in [5.74, 6) is -0.471. The number of aryl methyl sites for hydroxylation is 1. The average molecular weight is 532 g/mol. The van der Waals surface area contributed by atoms with Gasteiger partial charge in [-0.05, 0) is 52.0 Å². The number of carbonyl (C=O) groups excluding carboxylic acids is 1. The molecule has 2 heterocycles. The van der Waals surface area contributed by atoms with E-state index >= 15 is 0 Å². The first kappa shape index (κ1) is 27.1. The van der Waals surface area contributed by atoms with Crippen molar-refractivity contribution in [3.8, 4) is 5.75 Å². The molecular formula is C21H27ClN3O9P. The quantitative estimate of drug-likeness (QED) is 0.346. The number of benzene rings is 1. The van der Waals surface area contributed by atoms with Crippen LogP contribution in [0.1, 0.15) is 32.6 Å². The molecule has 0 spiro atoms. The largest absolute Gasteiger partial charge is 0.462 e. The molecule has 0 bridgehead atoms. The predicted molar refractivity (Wildman–Crippen MR) is 125 cm³/mol. The zero-order valence-electron chi connectivity index (χ0n) is 19.6. The molecule has 0 amide bonds. The number of H-pyrrole nitrogens is 1. The lowest BCUT2D eigenvalue weighted by Gasteiger charge is -2.24. The number of aromatic nitrogens is 2. The van der Waals surface area contributed by atoms with Crippen molar-refractivity contribution in [2.45, 2.75) is 52.4 Å². The molecule has 4 atom stereocenters. The van der Waals surface area contributed by atoms with Gasteiger partial charge in [0.15, 0.2) is 12.5 Å². The third-order valence-electron chi connectivity index (χ3n) is 4.67. The fourth-order valence-corrected chi connectivity index (χ4v) is 4.59. The Kier molecular flexibility index (Phi) is 8.92. The molecule has 12 nitrogen and oxygen atoms in total. The topological polar surface area (TPSA) is 147 Å². The SMILES string of the molecule is Cc1cn([C@H]2CO[C@@H](COP(=O)(NC(C)C(=O)OC(C)C)Oc3ccc(Cl)cc3)O2)c(=O)[nH]c1=O. The number of rotatable bonds is 10. The van der Waals surface area contributed by atoms with Crippen LogP contribution in [0.4, 0.5) is 0 Å². The van der Waals surface area contributed by atoms with Crippen LogP contribution in [-0.4, -0.2) is 47.2 Å². The molecule has 0 radical (unpaired) electrons. The number of hydrogen-bond acceptors (Lipinski definition) is 9. The van der Waals surface area contributed by atoms with Crippen molar-refractivity contribution in [1.82, 2.24) is 14.6 Å². The molecule has 1 saturated heterocycles. The van der Waals surface area contributed by atoms with E-state index in [1.165, 1.54) is 42.0 Å². The van der Waals surface area contributed by atoms with Crippen LogP contribution >= 0.6 is 19.3 Å². The Morgan fingerprint density at radius 2 is 1.97 bits per heavy atom. The van der Waals surface area contributed by atoms with Gasteiger partial charge in [-0.1, -0.05) is 11.6 Å². The fraction of sp³-hybridized carbons (Fsp3) is 0.476. The Morgan fingerprint density at radius 1 is 1.29 bits per heavy atom. The molecule has 0 saturated carbocycles. The molecule has 1 aromatic heterocycles. The van der Waals surface area contributed by atoms with E-state index in [1.807, 2.05) is 0 Å². The highest BCUT2D eigenvalue weighted by atomic mass is 35.5. The molecule has 1 aliphatic rings. The zero-order valence-corrected chi connectivity index (χ0v) is 21.2. The highest BCUT2D eigenvalue weighted by molar-refractivity contribution is 7.52. The molecule has 35 heavy (non-hydrogen) atoms. The van der Waals surface area contributed by atoms with Crippen LogP contribution in [0.15, 0.2) is 40.1 Å². The highest BCUT2D eigenvalue weighted by Gasteiger charge is 2.36. The lowest BCUT2D eigenvalue weighted by Crippen LogP contribution is -2.37. The Labute approximate surface area is 206 Å². The predicted octanol–water partition coefficient (Wildman–Crippen LogP) is 2.50. The summed E-state index contributed by atoms with van der Waals surface area (Å²) in [6.45, 7) is 5.99. The first-order valence-electron chi connectivity index (χ1n) is 10.7. The van der Waals surface area contributed by atoms with E-state index in [0.29, 0.717) is 10.6 Å². The number of halogens is 1. The van der Waals surface area contributed by atoms with Crippen molar-refractivity contribution in [2.75, 3.05) is 13.2 Å². The minimum absolute atomic E-state index is 0.0215. The number of aromatic amines is 1. The fourth-order valence-electron chi connectivity index (χ4n) is 2.98. The van der Waals surface area contributed by atoms with Crippen LogP contribution < -0.4 is 20.9 Å². The Bertz CT molecular complexity index is 1200. The molecule has 0 aliphatic carbocycles. The van der Waals surface area contributed by atoms with E-state index < -0.39 is 43.5 Å². The van der Waals surface area contributed by atoms with E-state index in [9.17, 15) is 18.9 Å². The third-order valence-corrected chi connectivity index (χ3v) is 6.56. The van der Waals surface area contributed by atoms with Crippen LogP contribution in [-0.2, 0) is 28.1 Å². The van der Waals surface area contributed by atoms with Crippen molar-refractivity contribution in [3.05, 3.63) is 61.9 Å². The van der Waals surface area contributed by atoms with Crippen molar-refractivity contribution in [1.29, 1.82) is 0 Å². The second-order valence-corrected chi connectivity index (χ2v) is 10.1. The number of ether oxygens (including phenoxy) is 3. The van der Waals surface area contributed by atoms with Gasteiger partial charge in [-0.25, -0.2) is 9.36 Å². The van der Waals surface area contributed by atoms with Gasteiger partial charge in [0, 0.05) is 16.8 Å². The van der Waals surface area contributed by atoms with Gasteiger partial charge >= 0.3 is 19.4 Å². The zero-order chi connectivity index (χ0) is 25.8. The van der Waals surface area contributed by atoms with Crippen LogP contribution in [0, 0.1) is 6.92 Å². The summed E-state index contributed by atoms with van der Waals surface area (Å²) in [6, 6.07) is 5.02. The standard InChI is InChI=1S/C21H27ClN3O9P/c1-12(2)32-20(27)14(4)24-35(29,34-16-7-5-15(22)6-8-16)31-11-18-30-10-17(33-18)25-9-13(3)19(26)23-21(25)28/h5-9,12,14,17-18H,10-11H2,1-4H3,(H,24,29)(H,23,26,28)/t14?,17-,18-,35?/m1/s1. The molecular weight excluding hydrogens is 505 g/mol. The molecule has 2 unspecified atom stereocenters. The molecule has 2 aromatic rings. The smallest absolute Gasteiger partial charge is 0.459 e. The number of nitrogens with zero attached hydrogens (tertiary/aromatic N) is 1. The second kappa shape index (κ2) is 11.5. The van der Waals surface area contributed by atoms with Gasteiger partial charge in [0.25, 0.3) is 5.56 Å². The van der Waals surface area contributed by atoms with Gasteiger partial charge in [0.05, 0.1) is 12.7 Å². The minimum Gasteiger partial charge on any atom is -0.462 e. The maximum Gasteiger partial charge on any atom is 0.459 e. The Hall–Kier alpha value is -2.47. The average Bonchev–Trinajstić information content (AvgIpc) is 3.25. The molecule has 2 N–H and O–H groups in total. The van der Waals surface area contributed by atoms with E-state index in [4.69, 9.17) is 34.9 Å². The molecule has 192 valence electrons. The van der Waals surface area contributed by atoms with E-state index in [2.05, 4.69) is 10.1 Å². The maximum atomic E-state index is 13.5. The van der Waals surface area contributed by atoms with Crippen molar-refractivity contribution in [2.24, 2.45) is 0 Å². The lowest BCUT2D eigenvalue weighted by molar-refractivity contribution is -0.149. The first-order valence-corrected chi connectivity index (χ1v) is 12.6. The lowest BCUT2D eigenvalue weighted by atomic mass is 10.3. The van der Waals surface area contributed by atoms with Crippen LogP contribution in [0.25, 0.3) is 0 Å². The Morgan fingerprint density at radius 3 is 2.63 bits per heavy atom. The monoisotopic (exact) mass is 531 g/mol. The minimum atomic E-state index is -4.15. The summed E-state index contributed by atoms with van der Waals surface area (Å²) in [4.78, 5) is 38.1. The number of carbonyl (C=O) groups is 1. The number of esters is 1. The molecule has 14 heteroatoms. The first-order chi connectivity index (χ1) is 16.5. The molecule has 1 fully saturated rings. The number of hydrogen-bond donors (Lipinski definition) is 2. The van der Waals surface area contributed by atoms with E-state index in [0.717, 1.165) is 0 Å². The highest BCUT2D eigenvalue weighted by Crippen LogP contribution is 2.45. The van der Waals surface area contributed by atoms with E-state index in [-0.39, 0.29) is 25.1 Å². The summed E-state index contributed by atoms with van der Waals surface area (Å²) < 4.78 is 42.1. The summed E-state index contributed by atoms with van der Waals surface area (Å²) in [6.07, 6.45) is -0.866. The van der Waals surface area contributed by atoms with Gasteiger partial charge in [0.2, 0.25) is 0 Å². The summed E-state index contributed by atoms with van der Waals surface area (Å²) in [7, 11) is -4.15. The third kappa shape index (κ3) is 7.50. The van der Waals surface area contributed by atoms with Crippen molar-refractivity contribution < 1.29 is 32.6 Å². The molecule has 1 aliphatic heterocycles. The Balaban J connectivity index is 1.70. The molecule has 3 rings (SSSR count). The summed E-state index contributed by atoms with van der Waals surface area (Å²) in [5.41, 5.74) is -0.839. The van der Waals surface area contributed by atoms with Gasteiger partial charge in [0.1, 0.15) is 18.4 Å². The van der Waals surface area contributed by atoms with Crippen molar-refractivity contribution >= 4 is 25.3 Å². The van der Waals surface area contributed by atoms with Gasteiger partial charge in [-0.3, -0.25) is 23.7 Å². The maximum absolute atomic E-state index is 13.5. The second-order valence-electron chi connectivity index (χ2n) is 8.01. The van der Waals surface area contributed by atoms with Gasteiger partial charge < -0.3 is 18.7 Å². The van der Waals surface area contributed by atoms with Gasteiger partial charge in [-0.15, -0.1) is 0 Å². The normalized spacial score (nSPS) is 20.4. The van der Waals surface area contributed by atoms with Crippen LogP contribution in [0.2, 0.25) is 5.02 Å². The summed E-state index contributed by atoms with van der Waals surface area (Å²) >= 11 is 5.89. The van der Waals surface area contributed by atoms with Crippen LogP contribution in [0.3, 0.4) is 0 Å². The molecule has 1 aromatic carbocycles. The van der Waals surface area contributed by atoms with Crippen molar-refractivity contribution in [3.63, 3.8) is 0 Å². The summed E-state index contributed by atoms with van der Waals surface area (Å²) in [5, 5.41) is 2.99. The van der Waals surface area contributed by atoms with Gasteiger partial charge in [-0.2, -0.15) is 5.09 Å². The van der Waals surface area contributed by atoms with E-state index in [1.54, 1.807) is 20.8 Å². The number of nitrogens with one attached hydrogen (secondary N) is 2.